The average molecular weight is 381 g/mol. The van der Waals surface area contributed by atoms with E-state index < -0.39 is 5.97 Å². The largest absolute Gasteiger partial charge is 0.478 e. The maximum Gasteiger partial charge on any atom is 0.336 e. The molecule has 3 aromatic carbocycles. The van der Waals surface area contributed by atoms with Gasteiger partial charge in [-0.3, -0.25) is 4.79 Å². The van der Waals surface area contributed by atoms with Crippen molar-refractivity contribution >= 4 is 23.3 Å². The molecule has 0 spiro atoms. The molecule has 5 nitrogen and oxygen atoms in total. The van der Waals surface area contributed by atoms with E-state index in [1.807, 2.05) is 30.5 Å². The third-order valence-corrected chi connectivity index (χ3v) is 4.52. The van der Waals surface area contributed by atoms with Gasteiger partial charge >= 0.3 is 5.97 Å². The highest BCUT2D eigenvalue weighted by Gasteiger charge is 2.15. The van der Waals surface area contributed by atoms with Crippen LogP contribution in [0.25, 0.3) is 22.0 Å². The number of carboxylic acids is 1. The Bertz CT molecular complexity index is 1270. The van der Waals surface area contributed by atoms with Crippen LogP contribution in [0.5, 0.6) is 5.75 Å². The van der Waals surface area contributed by atoms with E-state index in [4.69, 9.17) is 4.74 Å². The van der Waals surface area contributed by atoms with Crippen molar-refractivity contribution in [2.75, 3.05) is 0 Å². The fraction of sp³-hybridized carbons (Fsp3) is 0. The molecule has 0 saturated carbocycles. The number of aromatic amines is 1. The highest BCUT2D eigenvalue weighted by Crippen LogP contribution is 2.30. The van der Waals surface area contributed by atoms with Crippen LogP contribution in [0.2, 0.25) is 0 Å². The number of hydrogen-bond acceptors (Lipinski definition) is 3. The summed E-state index contributed by atoms with van der Waals surface area (Å²) in [6.07, 6.45) is 1.84. The van der Waals surface area contributed by atoms with Crippen LogP contribution >= 0.6 is 0 Å². The number of carbonyl (C=O) groups is 2. The van der Waals surface area contributed by atoms with E-state index in [1.54, 1.807) is 42.5 Å². The molecule has 1 heterocycles. The van der Waals surface area contributed by atoms with Crippen LogP contribution in [-0.2, 0) is 4.79 Å². The zero-order valence-electron chi connectivity index (χ0n) is 15.2. The Kier molecular flexibility index (Phi) is 4.83. The lowest BCUT2D eigenvalue weighted by Gasteiger charge is -2.10. The van der Waals surface area contributed by atoms with Gasteiger partial charge in [0.15, 0.2) is 0 Å². The van der Waals surface area contributed by atoms with Crippen LogP contribution in [0, 0.1) is 11.8 Å². The summed E-state index contributed by atoms with van der Waals surface area (Å²) in [6, 6.07) is 19.6. The summed E-state index contributed by atoms with van der Waals surface area (Å²) in [5.74, 6) is 5.55. The maximum absolute atomic E-state index is 11.8. The molecule has 0 aliphatic rings. The van der Waals surface area contributed by atoms with Crippen molar-refractivity contribution in [3.05, 3.63) is 89.6 Å². The van der Waals surface area contributed by atoms with Gasteiger partial charge in [0.25, 0.3) is 6.47 Å². The van der Waals surface area contributed by atoms with Gasteiger partial charge in [0.1, 0.15) is 5.75 Å². The minimum atomic E-state index is -1.01. The third-order valence-electron chi connectivity index (χ3n) is 4.52. The molecule has 0 radical (unpaired) electrons. The normalized spacial score (nSPS) is 10.2. The molecule has 0 aliphatic heterocycles. The zero-order valence-corrected chi connectivity index (χ0v) is 15.2. The molecule has 1 aromatic heterocycles. The predicted octanol–water partition coefficient (Wildman–Crippen LogP) is 4.47. The third kappa shape index (κ3) is 3.73. The molecule has 0 amide bonds. The summed E-state index contributed by atoms with van der Waals surface area (Å²) in [6.45, 7) is 0.366. The Labute approximate surface area is 166 Å². The first-order valence-corrected chi connectivity index (χ1v) is 8.82. The predicted molar refractivity (Wildman–Crippen MR) is 110 cm³/mol. The molecule has 0 unspecified atom stereocenters. The van der Waals surface area contributed by atoms with Gasteiger partial charge in [0, 0.05) is 28.4 Å². The highest BCUT2D eigenvalue weighted by molar-refractivity contribution is 5.99. The smallest absolute Gasteiger partial charge is 0.336 e. The molecule has 4 aromatic rings. The number of aromatic carboxylic acids is 1. The van der Waals surface area contributed by atoms with Crippen molar-refractivity contribution in [1.82, 2.24) is 4.98 Å². The standard InChI is InChI=1S/C24H15NO4/c26-15-29-20-10-5-16(6-11-20)4-7-18-2-1-3-21(24(27)28)23(18)19-9-8-17-12-13-25-22(17)14-19/h1-3,5-6,8-15,25H,(H,27,28). The van der Waals surface area contributed by atoms with E-state index in [9.17, 15) is 14.7 Å². The van der Waals surface area contributed by atoms with E-state index in [2.05, 4.69) is 16.8 Å². The number of H-pyrrole nitrogens is 1. The van der Waals surface area contributed by atoms with Crippen LogP contribution in [0.4, 0.5) is 0 Å². The second-order valence-electron chi connectivity index (χ2n) is 6.30. The number of fused-ring (bicyclic) bond motifs is 1. The van der Waals surface area contributed by atoms with E-state index in [1.165, 1.54) is 0 Å². The highest BCUT2D eigenvalue weighted by atomic mass is 16.5. The summed E-state index contributed by atoms with van der Waals surface area (Å²) < 4.78 is 4.77. The number of carbonyl (C=O) groups excluding carboxylic acids is 1. The number of hydrogen-bond donors (Lipinski definition) is 2. The summed E-state index contributed by atoms with van der Waals surface area (Å²) in [4.78, 5) is 25.4. The molecule has 5 heteroatoms. The first kappa shape index (κ1) is 18.1. The van der Waals surface area contributed by atoms with Crippen molar-refractivity contribution in [3.63, 3.8) is 0 Å². The van der Waals surface area contributed by atoms with E-state index in [-0.39, 0.29) is 5.56 Å². The van der Waals surface area contributed by atoms with Crippen molar-refractivity contribution in [3.8, 4) is 28.7 Å². The Morgan fingerprint density at radius 2 is 1.83 bits per heavy atom. The second-order valence-corrected chi connectivity index (χ2v) is 6.30. The minimum Gasteiger partial charge on any atom is -0.478 e. The molecule has 0 aliphatic carbocycles. The summed E-state index contributed by atoms with van der Waals surface area (Å²) in [5, 5.41) is 10.7. The van der Waals surface area contributed by atoms with Crippen molar-refractivity contribution in [2.45, 2.75) is 0 Å². The molecule has 0 bridgehead atoms. The van der Waals surface area contributed by atoms with Gasteiger partial charge in [-0.05, 0) is 59.5 Å². The fourth-order valence-corrected chi connectivity index (χ4v) is 3.16. The summed E-state index contributed by atoms with van der Waals surface area (Å²) >= 11 is 0. The number of benzene rings is 3. The second kappa shape index (κ2) is 7.75. The molecule has 2 N–H and O–H groups in total. The molecule has 140 valence electrons. The number of carboxylic acid groups (broad SMARTS) is 1. The Morgan fingerprint density at radius 3 is 2.59 bits per heavy atom. The number of ether oxygens (including phenoxy) is 1. The van der Waals surface area contributed by atoms with Gasteiger partial charge in [-0.1, -0.05) is 30.0 Å². The molecule has 29 heavy (non-hydrogen) atoms. The van der Waals surface area contributed by atoms with E-state index in [0.717, 1.165) is 22.0 Å². The lowest BCUT2D eigenvalue weighted by Crippen LogP contribution is -2.01. The monoisotopic (exact) mass is 381 g/mol. The fourth-order valence-electron chi connectivity index (χ4n) is 3.16. The van der Waals surface area contributed by atoms with Crippen LogP contribution in [0.15, 0.2) is 72.9 Å². The lowest BCUT2D eigenvalue weighted by atomic mass is 9.93. The minimum absolute atomic E-state index is 0.192. The van der Waals surface area contributed by atoms with Gasteiger partial charge in [-0.25, -0.2) is 4.79 Å². The van der Waals surface area contributed by atoms with Crippen molar-refractivity contribution < 1.29 is 19.4 Å². The van der Waals surface area contributed by atoms with Gasteiger partial charge in [-0.15, -0.1) is 0 Å². The first-order chi connectivity index (χ1) is 14.2. The lowest BCUT2D eigenvalue weighted by molar-refractivity contribution is -0.120. The van der Waals surface area contributed by atoms with Gasteiger partial charge < -0.3 is 14.8 Å². The summed E-state index contributed by atoms with van der Waals surface area (Å²) in [7, 11) is 0. The van der Waals surface area contributed by atoms with E-state index >= 15 is 0 Å². The van der Waals surface area contributed by atoms with Crippen LogP contribution in [0.1, 0.15) is 21.5 Å². The summed E-state index contributed by atoms with van der Waals surface area (Å²) in [5.41, 5.74) is 3.80. The Morgan fingerprint density at radius 1 is 1.00 bits per heavy atom. The number of aromatic nitrogens is 1. The average Bonchev–Trinajstić information content (AvgIpc) is 3.21. The number of rotatable bonds is 4. The number of nitrogens with one attached hydrogen (secondary N) is 1. The van der Waals surface area contributed by atoms with Gasteiger partial charge in [0.2, 0.25) is 0 Å². The Hall–Kier alpha value is -4.30. The van der Waals surface area contributed by atoms with Crippen molar-refractivity contribution in [1.29, 1.82) is 0 Å². The molecular formula is C24H15NO4. The molecular weight excluding hydrogens is 366 g/mol. The molecule has 4 rings (SSSR count). The van der Waals surface area contributed by atoms with Crippen LogP contribution in [0.3, 0.4) is 0 Å². The molecule has 0 atom stereocenters. The topological polar surface area (TPSA) is 79.4 Å². The van der Waals surface area contributed by atoms with Gasteiger partial charge in [-0.2, -0.15) is 0 Å². The van der Waals surface area contributed by atoms with Crippen LogP contribution < -0.4 is 4.74 Å². The first-order valence-electron chi connectivity index (χ1n) is 8.82. The quantitative estimate of drug-likeness (QED) is 0.404. The Balaban J connectivity index is 1.81. The van der Waals surface area contributed by atoms with Gasteiger partial charge in [0.05, 0.1) is 5.56 Å². The maximum atomic E-state index is 11.8. The zero-order chi connectivity index (χ0) is 20.2. The van der Waals surface area contributed by atoms with Crippen LogP contribution in [-0.4, -0.2) is 22.5 Å². The van der Waals surface area contributed by atoms with E-state index in [0.29, 0.717) is 23.3 Å². The SMILES string of the molecule is O=COc1ccc(C#Cc2cccc(C(=O)O)c2-c2ccc3cc[nH]c3c2)cc1. The molecule has 0 fully saturated rings. The molecule has 0 saturated heterocycles. The van der Waals surface area contributed by atoms with Crippen molar-refractivity contribution in [2.24, 2.45) is 0 Å².